The van der Waals surface area contributed by atoms with E-state index in [4.69, 9.17) is 4.74 Å². The maximum atomic E-state index is 12.5. The van der Waals surface area contributed by atoms with E-state index in [0.717, 1.165) is 35.4 Å². The van der Waals surface area contributed by atoms with Crippen LogP contribution in [0.4, 0.5) is 8.78 Å². The molecule has 1 amide bonds. The molecule has 3 heterocycles. The van der Waals surface area contributed by atoms with Crippen LogP contribution < -0.4 is 5.32 Å². The number of nitrogens with one attached hydrogen (secondary N) is 1. The van der Waals surface area contributed by atoms with Crippen LogP contribution in [-0.4, -0.2) is 51.9 Å². The van der Waals surface area contributed by atoms with Gasteiger partial charge < -0.3 is 10.1 Å². The zero-order valence-electron chi connectivity index (χ0n) is 12.1. The lowest BCUT2D eigenvalue weighted by Gasteiger charge is -2.38. The van der Waals surface area contributed by atoms with Crippen LogP contribution in [-0.2, 0) is 11.3 Å². The number of carbonyl (C=O) groups is 1. The lowest BCUT2D eigenvalue weighted by atomic mass is 9.90. The van der Waals surface area contributed by atoms with Crippen LogP contribution >= 0.6 is 11.8 Å². The maximum Gasteiger partial charge on any atom is 0.269 e. The van der Waals surface area contributed by atoms with Gasteiger partial charge in [0.25, 0.3) is 12.3 Å². The molecule has 122 valence electrons. The number of halogens is 2. The Bertz CT molecular complexity index is 532. The number of thioether (sulfide) groups is 1. The standard InChI is InChI=1S/C14H19F2N3O2S/c15-12(16)8-19-11(1-4-17-19)13(20)18-10-2-5-21-14(7-10)3-6-22-9-14/h1,4,10,12H,2-3,5-9H2,(H,18,20)/t10-,14+/m0/s1. The highest BCUT2D eigenvalue weighted by atomic mass is 32.2. The van der Waals surface area contributed by atoms with E-state index >= 15 is 0 Å². The fourth-order valence-corrected chi connectivity index (χ4v) is 4.45. The molecule has 2 fully saturated rings. The second kappa shape index (κ2) is 6.54. The molecule has 1 aromatic heterocycles. The van der Waals surface area contributed by atoms with E-state index in [9.17, 15) is 13.6 Å². The fraction of sp³-hybridized carbons (Fsp3) is 0.714. The molecule has 2 atom stereocenters. The molecule has 0 bridgehead atoms. The van der Waals surface area contributed by atoms with Gasteiger partial charge >= 0.3 is 0 Å². The Hall–Kier alpha value is -1.15. The molecule has 0 aromatic carbocycles. The first-order valence-electron chi connectivity index (χ1n) is 7.40. The summed E-state index contributed by atoms with van der Waals surface area (Å²) in [4.78, 5) is 12.3. The molecule has 2 aliphatic heterocycles. The predicted molar refractivity (Wildman–Crippen MR) is 79.3 cm³/mol. The van der Waals surface area contributed by atoms with Gasteiger partial charge in [-0.25, -0.2) is 8.78 Å². The summed E-state index contributed by atoms with van der Waals surface area (Å²) in [6.07, 6.45) is 1.38. The molecular formula is C14H19F2N3O2S. The van der Waals surface area contributed by atoms with Crippen molar-refractivity contribution < 1.29 is 18.3 Å². The van der Waals surface area contributed by atoms with Gasteiger partial charge in [0.05, 0.1) is 5.60 Å². The maximum absolute atomic E-state index is 12.5. The van der Waals surface area contributed by atoms with Crippen LogP contribution in [0, 0.1) is 0 Å². The highest BCUT2D eigenvalue weighted by Crippen LogP contribution is 2.38. The van der Waals surface area contributed by atoms with Crippen LogP contribution in [0.25, 0.3) is 0 Å². The van der Waals surface area contributed by atoms with Crippen molar-refractivity contribution in [1.82, 2.24) is 15.1 Å². The molecule has 1 N–H and O–H groups in total. The van der Waals surface area contributed by atoms with Crippen molar-refractivity contribution in [2.75, 3.05) is 18.1 Å². The third-order valence-electron chi connectivity index (χ3n) is 4.16. The number of rotatable bonds is 4. The highest BCUT2D eigenvalue weighted by Gasteiger charge is 2.41. The number of hydrogen-bond donors (Lipinski definition) is 1. The first-order chi connectivity index (χ1) is 10.6. The summed E-state index contributed by atoms with van der Waals surface area (Å²) in [5.41, 5.74) is 0.0611. The summed E-state index contributed by atoms with van der Waals surface area (Å²) in [7, 11) is 0. The van der Waals surface area contributed by atoms with Gasteiger partial charge in [-0.2, -0.15) is 16.9 Å². The van der Waals surface area contributed by atoms with Gasteiger partial charge in [0.1, 0.15) is 12.2 Å². The minimum atomic E-state index is -2.53. The second-order valence-electron chi connectivity index (χ2n) is 5.79. The molecule has 3 rings (SSSR count). The Morgan fingerprint density at radius 3 is 3.23 bits per heavy atom. The smallest absolute Gasteiger partial charge is 0.269 e. The van der Waals surface area contributed by atoms with Crippen LogP contribution in [0.15, 0.2) is 12.3 Å². The van der Waals surface area contributed by atoms with Crippen molar-refractivity contribution in [2.24, 2.45) is 0 Å². The summed E-state index contributed by atoms with van der Waals surface area (Å²) in [6.45, 7) is 0.0614. The number of ether oxygens (including phenoxy) is 1. The molecule has 5 nitrogen and oxygen atoms in total. The molecule has 1 aromatic rings. The van der Waals surface area contributed by atoms with E-state index in [2.05, 4.69) is 10.4 Å². The topological polar surface area (TPSA) is 56.1 Å². The van der Waals surface area contributed by atoms with E-state index in [-0.39, 0.29) is 23.2 Å². The minimum absolute atomic E-state index is 0.0230. The van der Waals surface area contributed by atoms with E-state index in [1.807, 2.05) is 11.8 Å². The quantitative estimate of drug-likeness (QED) is 0.916. The molecular weight excluding hydrogens is 312 g/mol. The summed E-state index contributed by atoms with van der Waals surface area (Å²) in [5, 5.41) is 6.74. The van der Waals surface area contributed by atoms with Gasteiger partial charge in [0.15, 0.2) is 0 Å². The van der Waals surface area contributed by atoms with Gasteiger partial charge in [-0.3, -0.25) is 9.48 Å². The first kappa shape index (κ1) is 15.7. The number of carbonyl (C=O) groups excluding carboxylic acids is 1. The Morgan fingerprint density at radius 1 is 1.64 bits per heavy atom. The second-order valence-corrected chi connectivity index (χ2v) is 6.89. The summed E-state index contributed by atoms with van der Waals surface area (Å²) >= 11 is 1.87. The number of hydrogen-bond acceptors (Lipinski definition) is 4. The lowest BCUT2D eigenvalue weighted by Crippen LogP contribution is -2.49. The van der Waals surface area contributed by atoms with Gasteiger partial charge in [0, 0.05) is 24.6 Å². The van der Waals surface area contributed by atoms with Crippen molar-refractivity contribution in [3.63, 3.8) is 0 Å². The molecule has 22 heavy (non-hydrogen) atoms. The lowest BCUT2D eigenvalue weighted by molar-refractivity contribution is -0.0688. The predicted octanol–water partition coefficient (Wildman–Crippen LogP) is 1.93. The van der Waals surface area contributed by atoms with Gasteiger partial charge in [0.2, 0.25) is 0 Å². The monoisotopic (exact) mass is 331 g/mol. The van der Waals surface area contributed by atoms with Crippen molar-refractivity contribution >= 4 is 17.7 Å². The Balaban J connectivity index is 1.63. The average molecular weight is 331 g/mol. The Kier molecular flexibility index (Phi) is 4.67. The minimum Gasteiger partial charge on any atom is -0.374 e. The SMILES string of the molecule is O=C(N[C@H]1CCO[C@]2(CCSC2)C1)c1ccnn1CC(F)F. The number of aromatic nitrogens is 2. The van der Waals surface area contributed by atoms with Crippen molar-refractivity contribution in [1.29, 1.82) is 0 Å². The van der Waals surface area contributed by atoms with Gasteiger partial charge in [-0.05, 0) is 31.1 Å². The highest BCUT2D eigenvalue weighted by molar-refractivity contribution is 7.99. The summed E-state index contributed by atoms with van der Waals surface area (Å²) < 4.78 is 32.0. The number of alkyl halides is 2. The van der Waals surface area contributed by atoms with Gasteiger partial charge in [-0.1, -0.05) is 0 Å². The average Bonchev–Trinajstić information content (AvgIpc) is 3.08. The van der Waals surface area contributed by atoms with Crippen molar-refractivity contribution in [3.05, 3.63) is 18.0 Å². The number of amides is 1. The molecule has 0 aliphatic carbocycles. The van der Waals surface area contributed by atoms with Crippen molar-refractivity contribution in [2.45, 2.75) is 43.9 Å². The van der Waals surface area contributed by atoms with Crippen molar-refractivity contribution in [3.8, 4) is 0 Å². The normalized spacial score (nSPS) is 28.4. The summed E-state index contributed by atoms with van der Waals surface area (Å²) in [5.74, 6) is 1.70. The van der Waals surface area contributed by atoms with Crippen LogP contribution in [0.3, 0.4) is 0 Å². The first-order valence-corrected chi connectivity index (χ1v) is 8.56. The molecule has 0 saturated carbocycles. The van der Waals surface area contributed by atoms with Gasteiger partial charge in [-0.15, -0.1) is 0 Å². The zero-order chi connectivity index (χ0) is 15.6. The molecule has 2 aliphatic rings. The van der Waals surface area contributed by atoms with Crippen LogP contribution in [0.5, 0.6) is 0 Å². The largest absolute Gasteiger partial charge is 0.374 e. The third-order valence-corrected chi connectivity index (χ3v) is 5.38. The zero-order valence-corrected chi connectivity index (χ0v) is 13.0. The van der Waals surface area contributed by atoms with E-state index in [1.54, 1.807) is 0 Å². The summed E-state index contributed by atoms with van der Waals surface area (Å²) in [6, 6.07) is 1.49. The molecule has 2 saturated heterocycles. The van der Waals surface area contributed by atoms with E-state index in [1.165, 1.54) is 12.3 Å². The molecule has 8 heteroatoms. The van der Waals surface area contributed by atoms with E-state index in [0.29, 0.717) is 6.61 Å². The Labute approximate surface area is 131 Å². The van der Waals surface area contributed by atoms with Crippen LogP contribution in [0.1, 0.15) is 29.8 Å². The third kappa shape index (κ3) is 3.43. The molecule has 1 spiro atoms. The molecule has 0 unspecified atom stereocenters. The van der Waals surface area contributed by atoms with Crippen LogP contribution in [0.2, 0.25) is 0 Å². The van der Waals surface area contributed by atoms with E-state index < -0.39 is 13.0 Å². The molecule has 0 radical (unpaired) electrons. The Morgan fingerprint density at radius 2 is 2.50 bits per heavy atom. The fourth-order valence-electron chi connectivity index (χ4n) is 3.08. The number of nitrogens with zero attached hydrogens (tertiary/aromatic N) is 2.